The molecule has 0 N–H and O–H groups in total. The number of Topliss-reactive ketones (excluding diaryl/α,β-unsaturated/α-hetero) is 1. The Morgan fingerprint density at radius 1 is 1.35 bits per heavy atom. The van der Waals surface area contributed by atoms with Gasteiger partial charge in [0.1, 0.15) is 11.6 Å². The number of ketones is 1. The van der Waals surface area contributed by atoms with Crippen molar-refractivity contribution >= 4 is 17.4 Å². The van der Waals surface area contributed by atoms with Gasteiger partial charge in [-0.05, 0) is 44.4 Å². The van der Waals surface area contributed by atoms with Crippen molar-refractivity contribution in [2.24, 2.45) is 5.92 Å². The fourth-order valence-corrected chi connectivity index (χ4v) is 3.88. The van der Waals surface area contributed by atoms with E-state index in [2.05, 4.69) is 11.9 Å². The minimum atomic E-state index is -0.444. The molecule has 2 saturated heterocycles. The highest BCUT2D eigenvalue weighted by Gasteiger charge is 2.40. The van der Waals surface area contributed by atoms with Gasteiger partial charge in [0.25, 0.3) is 0 Å². The number of nitrogens with zero attached hydrogens (tertiary/aromatic N) is 1. The number of hydrogen-bond donors (Lipinski definition) is 0. The zero-order chi connectivity index (χ0) is 14.3. The second-order valence-corrected chi connectivity index (χ2v) is 6.45. The minimum Gasteiger partial charge on any atom is -0.300 e. The van der Waals surface area contributed by atoms with E-state index in [1.807, 2.05) is 0 Å². The van der Waals surface area contributed by atoms with Crippen LogP contribution < -0.4 is 0 Å². The second-order valence-electron chi connectivity index (χ2n) is 6.07. The van der Waals surface area contributed by atoms with Gasteiger partial charge >= 0.3 is 0 Å². The molecule has 0 radical (unpaired) electrons. The van der Waals surface area contributed by atoms with Crippen LogP contribution in [-0.4, -0.2) is 29.8 Å². The smallest absolute Gasteiger partial charge is 0.142 e. The van der Waals surface area contributed by atoms with Crippen LogP contribution >= 0.6 is 11.6 Å². The molecule has 2 aliphatic heterocycles. The van der Waals surface area contributed by atoms with Crippen molar-refractivity contribution in [3.8, 4) is 0 Å². The number of benzene rings is 1. The summed E-state index contributed by atoms with van der Waals surface area (Å²) in [5.74, 6) is -0.119. The normalized spacial score (nSPS) is 29.6. The summed E-state index contributed by atoms with van der Waals surface area (Å²) in [6.07, 6.45) is 4.54. The number of hydrogen-bond acceptors (Lipinski definition) is 2. The third-order valence-corrected chi connectivity index (χ3v) is 5.37. The third kappa shape index (κ3) is 2.49. The number of piperidine rings is 1. The van der Waals surface area contributed by atoms with E-state index in [1.165, 1.54) is 18.9 Å². The maximum Gasteiger partial charge on any atom is 0.142 e. The Morgan fingerprint density at radius 2 is 2.00 bits per heavy atom. The van der Waals surface area contributed by atoms with Crippen LogP contribution in [0.15, 0.2) is 18.2 Å². The molecule has 4 heteroatoms. The first-order chi connectivity index (χ1) is 9.56. The van der Waals surface area contributed by atoms with E-state index >= 15 is 0 Å². The second kappa shape index (κ2) is 5.45. The van der Waals surface area contributed by atoms with Crippen LogP contribution in [0.1, 0.15) is 31.2 Å². The van der Waals surface area contributed by atoms with E-state index in [-0.39, 0.29) is 23.1 Å². The lowest BCUT2D eigenvalue weighted by atomic mass is 9.85. The summed E-state index contributed by atoms with van der Waals surface area (Å²) in [5.41, 5.74) is 0.614. The van der Waals surface area contributed by atoms with Gasteiger partial charge in [0.2, 0.25) is 0 Å². The Hall–Kier alpha value is -0.930. The van der Waals surface area contributed by atoms with Gasteiger partial charge in [0.15, 0.2) is 0 Å². The number of rotatable bonds is 3. The minimum absolute atomic E-state index is 0.0942. The van der Waals surface area contributed by atoms with Gasteiger partial charge in [-0.15, -0.1) is 0 Å². The summed E-state index contributed by atoms with van der Waals surface area (Å²) < 4.78 is 13.4. The summed E-state index contributed by atoms with van der Waals surface area (Å²) in [6.45, 7) is 0. The highest BCUT2D eigenvalue weighted by atomic mass is 35.5. The quantitative estimate of drug-likeness (QED) is 0.851. The predicted octanol–water partition coefficient (Wildman–Crippen LogP) is 3.46. The van der Waals surface area contributed by atoms with E-state index in [4.69, 9.17) is 11.6 Å². The molecule has 108 valence electrons. The van der Waals surface area contributed by atoms with Crippen molar-refractivity contribution in [3.05, 3.63) is 34.6 Å². The maximum atomic E-state index is 13.4. The fraction of sp³-hybridized carbons (Fsp3) is 0.562. The van der Waals surface area contributed by atoms with Crippen molar-refractivity contribution < 1.29 is 9.18 Å². The molecule has 0 amide bonds. The first-order valence-corrected chi connectivity index (χ1v) is 7.61. The van der Waals surface area contributed by atoms with Crippen LogP contribution in [-0.2, 0) is 11.2 Å². The summed E-state index contributed by atoms with van der Waals surface area (Å²) in [7, 11) is 2.16. The van der Waals surface area contributed by atoms with Gasteiger partial charge in [-0.1, -0.05) is 23.7 Å². The Kier molecular flexibility index (Phi) is 3.83. The lowest BCUT2D eigenvalue weighted by Gasteiger charge is -2.35. The first kappa shape index (κ1) is 14.0. The summed E-state index contributed by atoms with van der Waals surface area (Å²) in [5, 5.41) is 0.0942. The Bertz CT molecular complexity index is 519. The molecule has 1 aromatic rings. The number of fused-ring (bicyclic) bond motifs is 2. The lowest BCUT2D eigenvalue weighted by Crippen LogP contribution is -2.42. The SMILES string of the molecule is CN1C2CCC1CC(C(=O)Cc1cccc(F)c1Cl)C2. The molecule has 2 fully saturated rings. The van der Waals surface area contributed by atoms with Gasteiger partial charge < -0.3 is 4.90 Å². The summed E-state index contributed by atoms with van der Waals surface area (Å²) in [6, 6.07) is 5.78. The highest BCUT2D eigenvalue weighted by molar-refractivity contribution is 6.31. The highest BCUT2D eigenvalue weighted by Crippen LogP contribution is 2.38. The fourth-order valence-electron chi connectivity index (χ4n) is 3.69. The molecule has 0 aromatic heterocycles. The van der Waals surface area contributed by atoms with Crippen LogP contribution in [0.3, 0.4) is 0 Å². The molecular weight excluding hydrogens is 277 g/mol. The van der Waals surface area contributed by atoms with Gasteiger partial charge in [0, 0.05) is 24.4 Å². The van der Waals surface area contributed by atoms with E-state index in [1.54, 1.807) is 12.1 Å². The van der Waals surface area contributed by atoms with E-state index in [0.717, 1.165) is 12.8 Å². The van der Waals surface area contributed by atoms with E-state index in [0.29, 0.717) is 17.6 Å². The molecule has 2 heterocycles. The van der Waals surface area contributed by atoms with Gasteiger partial charge in [-0.2, -0.15) is 0 Å². The van der Waals surface area contributed by atoms with Crippen LogP contribution in [0.5, 0.6) is 0 Å². The monoisotopic (exact) mass is 295 g/mol. The molecule has 20 heavy (non-hydrogen) atoms. The molecule has 2 unspecified atom stereocenters. The van der Waals surface area contributed by atoms with Crippen molar-refractivity contribution in [1.29, 1.82) is 0 Å². The Balaban J connectivity index is 1.70. The zero-order valence-electron chi connectivity index (χ0n) is 11.6. The first-order valence-electron chi connectivity index (χ1n) is 7.23. The number of carbonyl (C=O) groups excluding carboxylic acids is 1. The van der Waals surface area contributed by atoms with Crippen LogP contribution in [0.25, 0.3) is 0 Å². The maximum absolute atomic E-state index is 13.4. The van der Waals surface area contributed by atoms with Crippen LogP contribution in [0, 0.1) is 11.7 Å². The van der Waals surface area contributed by atoms with Crippen molar-refractivity contribution in [1.82, 2.24) is 4.90 Å². The molecule has 2 aliphatic rings. The van der Waals surface area contributed by atoms with E-state index < -0.39 is 5.82 Å². The molecule has 1 aromatic carbocycles. The predicted molar refractivity (Wildman–Crippen MR) is 77.4 cm³/mol. The van der Waals surface area contributed by atoms with Crippen LogP contribution in [0.2, 0.25) is 5.02 Å². The van der Waals surface area contributed by atoms with Gasteiger partial charge in [-0.25, -0.2) is 4.39 Å². The molecule has 2 atom stereocenters. The van der Waals surface area contributed by atoms with Crippen LogP contribution in [0.4, 0.5) is 4.39 Å². The summed E-state index contributed by atoms with van der Waals surface area (Å²) >= 11 is 5.93. The molecule has 2 bridgehead atoms. The molecule has 2 nitrogen and oxygen atoms in total. The molecule has 0 aliphatic carbocycles. The Morgan fingerprint density at radius 3 is 2.65 bits per heavy atom. The molecule has 0 spiro atoms. The Labute approximate surface area is 123 Å². The average Bonchev–Trinajstić information content (AvgIpc) is 2.66. The average molecular weight is 296 g/mol. The van der Waals surface area contributed by atoms with Crippen molar-refractivity contribution in [2.75, 3.05) is 7.05 Å². The standard InChI is InChI=1S/C16H19ClFNO/c1-19-12-5-6-13(19)8-11(7-12)15(20)9-10-3-2-4-14(18)16(10)17/h2-4,11-13H,5-9H2,1H3. The van der Waals surface area contributed by atoms with E-state index in [9.17, 15) is 9.18 Å². The number of halogens is 2. The van der Waals surface area contributed by atoms with Gasteiger partial charge in [0.05, 0.1) is 5.02 Å². The largest absolute Gasteiger partial charge is 0.300 e. The molecule has 3 rings (SSSR count). The summed E-state index contributed by atoms with van der Waals surface area (Å²) in [4.78, 5) is 14.9. The third-order valence-electron chi connectivity index (χ3n) is 4.95. The van der Waals surface area contributed by atoms with Gasteiger partial charge in [-0.3, -0.25) is 4.79 Å². The molecule has 0 saturated carbocycles. The van der Waals surface area contributed by atoms with Crippen molar-refractivity contribution in [3.63, 3.8) is 0 Å². The zero-order valence-corrected chi connectivity index (χ0v) is 12.4. The number of carbonyl (C=O) groups is 1. The van der Waals surface area contributed by atoms with Crippen molar-refractivity contribution in [2.45, 2.75) is 44.2 Å². The topological polar surface area (TPSA) is 20.3 Å². The lowest BCUT2D eigenvalue weighted by molar-refractivity contribution is -0.124. The molecular formula is C16H19ClFNO.